The van der Waals surface area contributed by atoms with Crippen molar-refractivity contribution >= 4 is 11.7 Å². The smallest absolute Gasteiger partial charge is 0.242 e. The lowest BCUT2D eigenvalue weighted by Gasteiger charge is -2.16. The van der Waals surface area contributed by atoms with Crippen molar-refractivity contribution in [3.05, 3.63) is 18.3 Å². The van der Waals surface area contributed by atoms with Gasteiger partial charge in [0, 0.05) is 6.20 Å². The number of rotatable bonds is 4. The standard InChI is InChI=1S/C10H16N4O/c1-3-7(2)9(11)10(15)13-8-5-4-6-12-14-8/h4-7,9H,3,11H2,1-2H3,(H,13,14,15)/t7-,9-/m0/s1. The Balaban J connectivity index is 2.56. The van der Waals surface area contributed by atoms with E-state index in [1.165, 1.54) is 0 Å². The van der Waals surface area contributed by atoms with Crippen LogP contribution in [-0.2, 0) is 4.79 Å². The molecule has 0 unspecified atom stereocenters. The summed E-state index contributed by atoms with van der Waals surface area (Å²) in [5.74, 6) is 0.368. The zero-order valence-electron chi connectivity index (χ0n) is 8.97. The van der Waals surface area contributed by atoms with Gasteiger partial charge in [-0.2, -0.15) is 5.10 Å². The first-order chi connectivity index (χ1) is 7.15. The molecule has 0 aromatic carbocycles. The van der Waals surface area contributed by atoms with Crippen LogP contribution in [0.2, 0.25) is 0 Å². The van der Waals surface area contributed by atoms with Crippen LogP contribution in [-0.4, -0.2) is 22.1 Å². The first kappa shape index (κ1) is 11.6. The summed E-state index contributed by atoms with van der Waals surface area (Å²) in [6, 6.07) is 2.88. The van der Waals surface area contributed by atoms with Crippen molar-refractivity contribution in [3.8, 4) is 0 Å². The van der Waals surface area contributed by atoms with Gasteiger partial charge in [-0.1, -0.05) is 20.3 Å². The first-order valence-corrected chi connectivity index (χ1v) is 4.99. The number of amides is 1. The molecule has 1 rings (SSSR count). The largest absolute Gasteiger partial charge is 0.320 e. The molecule has 1 heterocycles. The molecule has 0 fully saturated rings. The average molecular weight is 208 g/mol. The minimum absolute atomic E-state index is 0.154. The summed E-state index contributed by atoms with van der Waals surface area (Å²) in [6.45, 7) is 3.95. The third kappa shape index (κ3) is 3.28. The van der Waals surface area contributed by atoms with E-state index in [9.17, 15) is 4.79 Å². The number of carbonyl (C=O) groups excluding carboxylic acids is 1. The minimum atomic E-state index is -0.503. The molecule has 15 heavy (non-hydrogen) atoms. The van der Waals surface area contributed by atoms with Crippen molar-refractivity contribution in [1.82, 2.24) is 10.2 Å². The van der Waals surface area contributed by atoms with Gasteiger partial charge in [0.05, 0.1) is 6.04 Å². The molecular formula is C10H16N4O. The molecule has 0 aliphatic carbocycles. The van der Waals surface area contributed by atoms with Gasteiger partial charge in [0.1, 0.15) is 0 Å². The molecule has 0 aliphatic heterocycles. The van der Waals surface area contributed by atoms with Crippen molar-refractivity contribution in [2.45, 2.75) is 26.3 Å². The SMILES string of the molecule is CC[C@H](C)[C@H](N)C(=O)Nc1cccnn1. The van der Waals surface area contributed by atoms with Gasteiger partial charge < -0.3 is 11.1 Å². The summed E-state index contributed by atoms with van der Waals surface area (Å²) >= 11 is 0. The Morgan fingerprint density at radius 2 is 2.40 bits per heavy atom. The first-order valence-electron chi connectivity index (χ1n) is 4.99. The zero-order valence-corrected chi connectivity index (χ0v) is 8.97. The fraction of sp³-hybridized carbons (Fsp3) is 0.500. The summed E-state index contributed by atoms with van der Waals surface area (Å²) in [6.07, 6.45) is 2.42. The van der Waals surface area contributed by atoms with E-state index in [0.717, 1.165) is 6.42 Å². The van der Waals surface area contributed by atoms with Crippen molar-refractivity contribution in [2.75, 3.05) is 5.32 Å². The topological polar surface area (TPSA) is 80.9 Å². The quantitative estimate of drug-likeness (QED) is 0.766. The van der Waals surface area contributed by atoms with E-state index in [2.05, 4.69) is 15.5 Å². The second-order valence-corrected chi connectivity index (χ2v) is 3.51. The zero-order chi connectivity index (χ0) is 11.3. The predicted molar refractivity (Wildman–Crippen MR) is 58.1 cm³/mol. The lowest BCUT2D eigenvalue weighted by molar-refractivity contribution is -0.118. The van der Waals surface area contributed by atoms with Gasteiger partial charge in [-0.05, 0) is 18.1 Å². The molecule has 0 saturated heterocycles. The maximum Gasteiger partial charge on any atom is 0.242 e. The van der Waals surface area contributed by atoms with Gasteiger partial charge in [0.2, 0.25) is 5.91 Å². The number of hydrogen-bond donors (Lipinski definition) is 2. The van der Waals surface area contributed by atoms with Crippen molar-refractivity contribution in [2.24, 2.45) is 11.7 Å². The molecule has 2 atom stereocenters. The second kappa shape index (κ2) is 5.41. The van der Waals surface area contributed by atoms with E-state index in [1.807, 2.05) is 13.8 Å². The van der Waals surface area contributed by atoms with E-state index in [-0.39, 0.29) is 11.8 Å². The van der Waals surface area contributed by atoms with E-state index >= 15 is 0 Å². The highest BCUT2D eigenvalue weighted by Gasteiger charge is 2.19. The number of aromatic nitrogens is 2. The van der Waals surface area contributed by atoms with Crippen LogP contribution in [0.1, 0.15) is 20.3 Å². The van der Waals surface area contributed by atoms with Crippen LogP contribution in [0.4, 0.5) is 5.82 Å². The summed E-state index contributed by atoms with van der Waals surface area (Å²) in [5.41, 5.74) is 5.76. The molecule has 5 nitrogen and oxygen atoms in total. The van der Waals surface area contributed by atoms with Crippen LogP contribution in [0.5, 0.6) is 0 Å². The third-order valence-electron chi connectivity index (χ3n) is 2.38. The van der Waals surface area contributed by atoms with E-state index in [0.29, 0.717) is 5.82 Å². The molecule has 0 saturated carbocycles. The van der Waals surface area contributed by atoms with Crippen LogP contribution in [0.3, 0.4) is 0 Å². The minimum Gasteiger partial charge on any atom is -0.320 e. The van der Waals surface area contributed by atoms with Gasteiger partial charge in [-0.3, -0.25) is 4.79 Å². The summed E-state index contributed by atoms with van der Waals surface area (Å²) < 4.78 is 0. The van der Waals surface area contributed by atoms with E-state index in [4.69, 9.17) is 5.73 Å². The molecule has 0 spiro atoms. The fourth-order valence-corrected chi connectivity index (χ4v) is 1.09. The number of nitrogens with one attached hydrogen (secondary N) is 1. The molecule has 3 N–H and O–H groups in total. The number of nitrogens with zero attached hydrogens (tertiary/aromatic N) is 2. The van der Waals surface area contributed by atoms with E-state index < -0.39 is 6.04 Å². The van der Waals surface area contributed by atoms with Gasteiger partial charge >= 0.3 is 0 Å². The molecule has 82 valence electrons. The van der Waals surface area contributed by atoms with Gasteiger partial charge in [0.15, 0.2) is 5.82 Å². The lowest BCUT2D eigenvalue weighted by Crippen LogP contribution is -2.40. The van der Waals surface area contributed by atoms with Crippen molar-refractivity contribution in [3.63, 3.8) is 0 Å². The number of anilines is 1. The highest BCUT2D eigenvalue weighted by Crippen LogP contribution is 2.07. The Bertz CT molecular complexity index is 314. The predicted octanol–water partition coefficient (Wildman–Crippen LogP) is 0.788. The maximum atomic E-state index is 11.6. The van der Waals surface area contributed by atoms with Gasteiger partial charge in [-0.15, -0.1) is 5.10 Å². The summed E-state index contributed by atoms with van der Waals surface area (Å²) in [7, 11) is 0. The van der Waals surface area contributed by atoms with Crippen LogP contribution in [0.15, 0.2) is 18.3 Å². The summed E-state index contributed by atoms with van der Waals surface area (Å²) in [5, 5.41) is 10.0. The molecule has 1 aromatic rings. The Labute approximate surface area is 89.1 Å². The molecule has 0 radical (unpaired) electrons. The highest BCUT2D eigenvalue weighted by atomic mass is 16.2. The molecule has 0 bridgehead atoms. The molecular weight excluding hydrogens is 192 g/mol. The normalized spacial score (nSPS) is 14.3. The van der Waals surface area contributed by atoms with E-state index in [1.54, 1.807) is 18.3 Å². The Kier molecular flexibility index (Phi) is 4.17. The fourth-order valence-electron chi connectivity index (χ4n) is 1.09. The van der Waals surface area contributed by atoms with Crippen LogP contribution in [0, 0.1) is 5.92 Å². The Morgan fingerprint density at radius 1 is 1.67 bits per heavy atom. The number of nitrogens with two attached hydrogens (primary N) is 1. The number of carbonyl (C=O) groups is 1. The average Bonchev–Trinajstić information content (AvgIpc) is 2.28. The van der Waals surface area contributed by atoms with Crippen molar-refractivity contribution in [1.29, 1.82) is 0 Å². The second-order valence-electron chi connectivity index (χ2n) is 3.51. The molecule has 0 aliphatic rings. The maximum absolute atomic E-state index is 11.6. The third-order valence-corrected chi connectivity index (χ3v) is 2.38. The lowest BCUT2D eigenvalue weighted by atomic mass is 9.99. The van der Waals surface area contributed by atoms with Crippen LogP contribution >= 0.6 is 0 Å². The van der Waals surface area contributed by atoms with Gasteiger partial charge in [0.25, 0.3) is 0 Å². The van der Waals surface area contributed by atoms with Crippen LogP contribution in [0.25, 0.3) is 0 Å². The number of hydrogen-bond acceptors (Lipinski definition) is 4. The molecule has 1 amide bonds. The Morgan fingerprint density at radius 3 is 2.93 bits per heavy atom. The van der Waals surface area contributed by atoms with Crippen molar-refractivity contribution < 1.29 is 4.79 Å². The molecule has 5 heteroatoms. The molecule has 1 aromatic heterocycles. The monoisotopic (exact) mass is 208 g/mol. The highest BCUT2D eigenvalue weighted by molar-refractivity contribution is 5.93. The Hall–Kier alpha value is -1.49. The van der Waals surface area contributed by atoms with Crippen LogP contribution < -0.4 is 11.1 Å². The summed E-state index contributed by atoms with van der Waals surface area (Å²) in [4.78, 5) is 11.6. The van der Waals surface area contributed by atoms with Gasteiger partial charge in [-0.25, -0.2) is 0 Å².